The van der Waals surface area contributed by atoms with E-state index in [2.05, 4.69) is 18.2 Å². The molecule has 0 N–H and O–H groups in total. The fourth-order valence-corrected chi connectivity index (χ4v) is 3.55. The number of likely N-dealkylation sites (tertiary alicyclic amines) is 1. The van der Waals surface area contributed by atoms with Crippen molar-refractivity contribution in [3.8, 4) is 0 Å². The van der Waals surface area contributed by atoms with Gasteiger partial charge in [-0.2, -0.15) is 5.10 Å². The lowest BCUT2D eigenvalue weighted by Crippen LogP contribution is -2.47. The maximum absolute atomic E-state index is 13.0. The van der Waals surface area contributed by atoms with Gasteiger partial charge in [0.15, 0.2) is 0 Å². The zero-order valence-electron chi connectivity index (χ0n) is 14.5. The van der Waals surface area contributed by atoms with Crippen molar-refractivity contribution in [1.82, 2.24) is 14.7 Å². The Morgan fingerprint density at radius 3 is 2.58 bits per heavy atom. The van der Waals surface area contributed by atoms with Gasteiger partial charge in [-0.05, 0) is 56.9 Å². The molecule has 1 aliphatic rings. The predicted octanol–water partition coefficient (Wildman–Crippen LogP) is 3.99. The van der Waals surface area contributed by atoms with Crippen molar-refractivity contribution < 1.29 is 4.79 Å². The Balaban J connectivity index is 1.68. The van der Waals surface area contributed by atoms with Gasteiger partial charge in [-0.3, -0.25) is 9.48 Å². The summed E-state index contributed by atoms with van der Waals surface area (Å²) in [5.41, 5.74) is 1.57. The van der Waals surface area contributed by atoms with Gasteiger partial charge in [-0.25, -0.2) is 0 Å². The molecule has 5 heteroatoms. The van der Waals surface area contributed by atoms with Gasteiger partial charge in [0.2, 0.25) is 5.91 Å². The van der Waals surface area contributed by atoms with E-state index in [1.807, 2.05) is 53.9 Å². The fraction of sp³-hybridized carbons (Fsp3) is 0.474. The van der Waals surface area contributed by atoms with Crippen LogP contribution in [0.5, 0.6) is 0 Å². The minimum absolute atomic E-state index is 0.167. The summed E-state index contributed by atoms with van der Waals surface area (Å²) >= 11 is 6.10. The number of carbonyl (C=O) groups excluding carboxylic acids is 1. The molecule has 0 radical (unpaired) electrons. The standard InChI is InChI=1S/C19H24ClN3O/c1-14-12-21-23(13-14)17-7-9-22(10-8-17)18(24)19(2,3)15-5-4-6-16(20)11-15/h4-6,11-13,17H,7-10H2,1-3H3. The van der Waals surface area contributed by atoms with E-state index in [9.17, 15) is 4.79 Å². The summed E-state index contributed by atoms with van der Waals surface area (Å²) in [7, 11) is 0. The minimum Gasteiger partial charge on any atom is -0.342 e. The van der Waals surface area contributed by atoms with E-state index in [4.69, 9.17) is 11.6 Å². The van der Waals surface area contributed by atoms with Crippen LogP contribution in [0.15, 0.2) is 36.7 Å². The van der Waals surface area contributed by atoms with Crippen molar-refractivity contribution in [2.24, 2.45) is 0 Å². The van der Waals surface area contributed by atoms with Crippen LogP contribution in [0.25, 0.3) is 0 Å². The molecule has 1 aliphatic heterocycles. The van der Waals surface area contributed by atoms with Crippen molar-refractivity contribution in [2.75, 3.05) is 13.1 Å². The minimum atomic E-state index is -0.569. The van der Waals surface area contributed by atoms with Gasteiger partial charge in [0.05, 0.1) is 17.7 Å². The molecule has 2 aromatic rings. The molecular weight excluding hydrogens is 322 g/mol. The van der Waals surface area contributed by atoms with Crippen LogP contribution in [0.1, 0.15) is 43.9 Å². The van der Waals surface area contributed by atoms with E-state index >= 15 is 0 Å². The number of piperidine rings is 1. The first-order valence-corrected chi connectivity index (χ1v) is 8.82. The molecule has 0 saturated carbocycles. The smallest absolute Gasteiger partial charge is 0.232 e. The third kappa shape index (κ3) is 3.34. The number of amides is 1. The van der Waals surface area contributed by atoms with Crippen molar-refractivity contribution >= 4 is 17.5 Å². The van der Waals surface area contributed by atoms with Crippen LogP contribution in [-0.4, -0.2) is 33.7 Å². The van der Waals surface area contributed by atoms with E-state index in [1.54, 1.807) is 0 Å². The Bertz CT molecular complexity index is 730. The lowest BCUT2D eigenvalue weighted by molar-refractivity contribution is -0.137. The molecule has 1 aromatic heterocycles. The van der Waals surface area contributed by atoms with Crippen LogP contribution in [0.3, 0.4) is 0 Å². The van der Waals surface area contributed by atoms with Gasteiger partial charge in [0, 0.05) is 24.3 Å². The number of aryl methyl sites for hydroxylation is 1. The molecule has 0 bridgehead atoms. The Hall–Kier alpha value is -1.81. The molecule has 2 heterocycles. The highest BCUT2D eigenvalue weighted by molar-refractivity contribution is 6.30. The van der Waals surface area contributed by atoms with Crippen LogP contribution in [0.2, 0.25) is 5.02 Å². The molecule has 4 nitrogen and oxygen atoms in total. The Labute approximate surface area is 148 Å². The Morgan fingerprint density at radius 2 is 2.00 bits per heavy atom. The molecule has 1 amide bonds. The highest BCUT2D eigenvalue weighted by atomic mass is 35.5. The normalized spacial score (nSPS) is 16.4. The Kier molecular flexibility index (Phi) is 4.68. The van der Waals surface area contributed by atoms with Crippen molar-refractivity contribution in [3.63, 3.8) is 0 Å². The second-order valence-electron chi connectivity index (χ2n) is 7.16. The van der Waals surface area contributed by atoms with Gasteiger partial charge in [0.1, 0.15) is 0 Å². The first-order valence-electron chi connectivity index (χ1n) is 8.44. The van der Waals surface area contributed by atoms with E-state index < -0.39 is 5.41 Å². The quantitative estimate of drug-likeness (QED) is 0.843. The van der Waals surface area contributed by atoms with Crippen molar-refractivity contribution in [3.05, 3.63) is 52.8 Å². The van der Waals surface area contributed by atoms with Gasteiger partial charge in [-0.1, -0.05) is 23.7 Å². The predicted molar refractivity (Wildman–Crippen MR) is 96.3 cm³/mol. The molecule has 24 heavy (non-hydrogen) atoms. The molecule has 128 valence electrons. The van der Waals surface area contributed by atoms with Crippen molar-refractivity contribution in [1.29, 1.82) is 0 Å². The van der Waals surface area contributed by atoms with Gasteiger partial charge >= 0.3 is 0 Å². The second-order valence-corrected chi connectivity index (χ2v) is 7.59. The lowest BCUT2D eigenvalue weighted by atomic mass is 9.82. The van der Waals surface area contributed by atoms with Gasteiger partial charge in [0.25, 0.3) is 0 Å². The summed E-state index contributed by atoms with van der Waals surface area (Å²) in [5.74, 6) is 0.167. The van der Waals surface area contributed by atoms with Crippen LogP contribution in [0.4, 0.5) is 0 Å². The molecule has 0 aliphatic carbocycles. The zero-order chi connectivity index (χ0) is 17.3. The summed E-state index contributed by atoms with van der Waals surface area (Å²) in [4.78, 5) is 15.0. The maximum atomic E-state index is 13.0. The number of carbonyl (C=O) groups is 1. The Morgan fingerprint density at radius 1 is 1.29 bits per heavy atom. The highest BCUT2D eigenvalue weighted by Gasteiger charge is 2.35. The SMILES string of the molecule is Cc1cnn(C2CCN(C(=O)C(C)(C)c3cccc(Cl)c3)CC2)c1. The first kappa shape index (κ1) is 17.0. The lowest BCUT2D eigenvalue weighted by Gasteiger charge is -2.37. The number of hydrogen-bond donors (Lipinski definition) is 0. The van der Waals surface area contributed by atoms with E-state index in [0.29, 0.717) is 11.1 Å². The van der Waals surface area contributed by atoms with Crippen LogP contribution in [0, 0.1) is 6.92 Å². The molecule has 1 saturated heterocycles. The molecule has 1 aromatic carbocycles. The monoisotopic (exact) mass is 345 g/mol. The van der Waals surface area contributed by atoms with Crippen LogP contribution >= 0.6 is 11.6 Å². The molecule has 0 unspecified atom stereocenters. The number of benzene rings is 1. The number of rotatable bonds is 3. The second kappa shape index (κ2) is 6.60. The maximum Gasteiger partial charge on any atom is 0.232 e. The summed E-state index contributed by atoms with van der Waals surface area (Å²) in [6.45, 7) is 7.54. The summed E-state index contributed by atoms with van der Waals surface area (Å²) < 4.78 is 2.04. The summed E-state index contributed by atoms with van der Waals surface area (Å²) in [6, 6.07) is 7.99. The topological polar surface area (TPSA) is 38.1 Å². The van der Waals surface area contributed by atoms with Crippen LogP contribution in [-0.2, 0) is 10.2 Å². The third-order valence-electron chi connectivity index (χ3n) is 4.94. The average Bonchev–Trinajstić information content (AvgIpc) is 3.01. The zero-order valence-corrected chi connectivity index (χ0v) is 15.3. The third-order valence-corrected chi connectivity index (χ3v) is 5.17. The fourth-order valence-electron chi connectivity index (χ4n) is 3.36. The summed E-state index contributed by atoms with van der Waals surface area (Å²) in [6.07, 6.45) is 5.86. The molecule has 1 fully saturated rings. The number of aromatic nitrogens is 2. The van der Waals surface area contributed by atoms with Crippen LogP contribution < -0.4 is 0 Å². The van der Waals surface area contributed by atoms with E-state index in [0.717, 1.165) is 31.5 Å². The van der Waals surface area contributed by atoms with Crippen molar-refractivity contribution in [2.45, 2.75) is 45.1 Å². The molecular formula is C19H24ClN3O. The molecule has 0 spiro atoms. The average molecular weight is 346 g/mol. The number of halogens is 1. The number of hydrogen-bond acceptors (Lipinski definition) is 2. The summed E-state index contributed by atoms with van der Waals surface area (Å²) in [5, 5.41) is 5.08. The highest BCUT2D eigenvalue weighted by Crippen LogP contribution is 2.30. The largest absolute Gasteiger partial charge is 0.342 e. The van der Waals surface area contributed by atoms with E-state index in [1.165, 1.54) is 5.56 Å². The van der Waals surface area contributed by atoms with Gasteiger partial charge < -0.3 is 4.90 Å². The first-order chi connectivity index (χ1) is 11.4. The van der Waals surface area contributed by atoms with Gasteiger partial charge in [-0.15, -0.1) is 0 Å². The van der Waals surface area contributed by atoms with E-state index in [-0.39, 0.29) is 5.91 Å². The molecule has 3 rings (SSSR count). The molecule has 0 atom stereocenters. The number of nitrogens with zero attached hydrogens (tertiary/aromatic N) is 3.